The molecule has 6 N–H and O–H groups in total. The number of aryl methyl sites for hydroxylation is 6. The molecule has 0 bridgehead atoms. The van der Waals surface area contributed by atoms with Gasteiger partial charge in [0, 0.05) is 55.2 Å². The van der Waals surface area contributed by atoms with Crippen molar-refractivity contribution in [3.05, 3.63) is 176 Å². The average Bonchev–Trinajstić information content (AvgIpc) is 0.876. The third kappa shape index (κ3) is 66.1. The van der Waals surface area contributed by atoms with Gasteiger partial charge in [-0.2, -0.15) is 0 Å². The zero-order valence-corrected chi connectivity index (χ0v) is 96.9. The van der Waals surface area contributed by atoms with Gasteiger partial charge in [-0.25, -0.2) is 0 Å². The molecule has 0 unspecified atom stereocenters. The summed E-state index contributed by atoms with van der Waals surface area (Å²) in [4.78, 5) is 0. The van der Waals surface area contributed by atoms with Gasteiger partial charge < -0.3 is 181 Å². The molecule has 0 spiro atoms. The fourth-order valence-electron chi connectivity index (χ4n) is 17.2. The van der Waals surface area contributed by atoms with Gasteiger partial charge in [0.2, 0.25) is 0 Å². The molecule has 6 aromatic carbocycles. The summed E-state index contributed by atoms with van der Waals surface area (Å²) in [6.07, 6.45) is 76.0. The van der Waals surface area contributed by atoms with Crippen LogP contribution in [-0.2, 0) is 174 Å². The van der Waals surface area contributed by atoms with Crippen LogP contribution in [0, 0.1) is 0 Å². The first-order valence-electron chi connectivity index (χ1n) is 52.6. The fraction of sp³-hybridized carbons (Fsp3) is 0.632. The number of unbranched alkanes of at least 4 members (excludes halogenated alkanes) is 36. The molecule has 6 aromatic rings. The van der Waals surface area contributed by atoms with Crippen LogP contribution in [0.1, 0.15) is 458 Å². The van der Waals surface area contributed by atoms with Crippen molar-refractivity contribution in [2.24, 2.45) is 0 Å². The Hall–Kier alpha value is -3.33. The van der Waals surface area contributed by atoms with Crippen LogP contribution < -0.4 is 31.9 Å². The Balaban J connectivity index is 0.00000157. The minimum Gasteiger partial charge on any atom is -0.411 e. The molecule has 0 atom stereocenters. The van der Waals surface area contributed by atoms with Gasteiger partial charge in [0.1, 0.15) is 0 Å². The van der Waals surface area contributed by atoms with E-state index in [-0.39, 0.29) is 21.1 Å². The maximum Gasteiger partial charge on any atom is 0.0406 e. The van der Waals surface area contributed by atoms with Gasteiger partial charge in [-0.05, 0) is 257 Å². The van der Waals surface area contributed by atoms with E-state index in [1.165, 1.54) is 413 Å². The third-order valence-electron chi connectivity index (χ3n) is 24.5. The Morgan fingerprint density at radius 3 is 0.368 bits per heavy atom. The zero-order valence-electron chi connectivity index (χ0n) is 85.1. The van der Waals surface area contributed by atoms with Crippen molar-refractivity contribution in [1.29, 1.82) is 0 Å². The molecule has 0 heterocycles. The van der Waals surface area contributed by atoms with Gasteiger partial charge in [-0.3, -0.25) is 0 Å². The standard InChI is InChI=1S/6C19H31NS2.Mo/c6*1-3-5-7-9-12-16-13-11-15-18(20-19(21)22)17(16)14-10-8-6-4-2;/h6*11,13,15H,3-10,12,14H2,1-2H3,(H2,20,21,22);/p-6. The van der Waals surface area contributed by atoms with Gasteiger partial charge in [0.15, 0.2) is 0 Å². The summed E-state index contributed by atoms with van der Waals surface area (Å²) in [6, 6.07) is 39.1. The zero-order chi connectivity index (χ0) is 97.3. The quantitative estimate of drug-likeness (QED) is 0.00949. The molecule has 0 radical (unpaired) electrons. The SMILES string of the molecule is CCCCCCc1cccc(NC(=S)[S-])c1CCCCCC.CCCCCCc1cccc(NC(=S)[S-])c1CCCCCC.CCCCCCc1cccc(NC(=S)[S-])c1CCCCCC.CCCCCCc1cccc(NC(=S)[S-])c1CCCCCC.CCCCCCc1cccc(NC(=S)[S-])c1CCCCCC.CCCCCCc1cccc(NC(=S)[S-])c1CCCCCC.[Mo]. The Kier molecular flexibility index (Phi) is 87.7. The van der Waals surface area contributed by atoms with Crippen molar-refractivity contribution in [2.45, 2.75) is 468 Å². The molecule has 19 heteroatoms. The Bertz CT molecular complexity index is 3310. The smallest absolute Gasteiger partial charge is 0.0406 e. The van der Waals surface area contributed by atoms with E-state index in [0.29, 0.717) is 25.9 Å². The molecular formula is C114H180MoN6S12-6. The van der Waals surface area contributed by atoms with Gasteiger partial charge in [-0.15, -0.1) is 0 Å². The molecule has 0 saturated carbocycles. The van der Waals surface area contributed by atoms with E-state index in [0.717, 1.165) is 72.6 Å². The van der Waals surface area contributed by atoms with Gasteiger partial charge in [0.05, 0.1) is 0 Å². The van der Waals surface area contributed by atoms with Crippen molar-refractivity contribution in [3.8, 4) is 0 Å². The van der Waals surface area contributed by atoms with E-state index in [9.17, 15) is 0 Å². The molecule has 750 valence electrons. The molecule has 0 saturated heterocycles. The molecule has 133 heavy (non-hydrogen) atoms. The monoisotopic (exact) mass is 2120 g/mol. The van der Waals surface area contributed by atoms with Crippen molar-refractivity contribution in [3.63, 3.8) is 0 Å². The van der Waals surface area contributed by atoms with Crippen LogP contribution in [0.4, 0.5) is 34.1 Å². The predicted molar refractivity (Wildman–Crippen MR) is 634 cm³/mol. The Morgan fingerprint density at radius 1 is 0.165 bits per heavy atom. The van der Waals surface area contributed by atoms with Gasteiger partial charge >= 0.3 is 0 Å². The Labute approximate surface area is 897 Å². The van der Waals surface area contributed by atoms with E-state index in [2.05, 4.69) is 224 Å². The first-order valence-corrected chi connectivity index (χ1v) is 57.5. The third-order valence-corrected chi connectivity index (χ3v) is 25.8. The van der Waals surface area contributed by atoms with Crippen LogP contribution in [0.3, 0.4) is 0 Å². The van der Waals surface area contributed by atoms with Crippen molar-refractivity contribution >= 4 is 209 Å². The van der Waals surface area contributed by atoms with Crippen LogP contribution in [0.5, 0.6) is 0 Å². The second-order valence-corrected chi connectivity index (χ2v) is 42.3. The summed E-state index contributed by atoms with van der Waals surface area (Å²) in [5.74, 6) is 0. The van der Waals surface area contributed by atoms with E-state index < -0.39 is 0 Å². The number of benzene rings is 6. The number of anilines is 6. The van der Waals surface area contributed by atoms with Crippen LogP contribution in [-0.4, -0.2) is 25.9 Å². The summed E-state index contributed by atoms with van der Waals surface area (Å²) in [5, 5.41) is 19.2. The minimum atomic E-state index is 0. The van der Waals surface area contributed by atoms with E-state index >= 15 is 0 Å². The molecule has 0 amide bonds. The summed E-state index contributed by atoms with van der Waals surface area (Å²) >= 11 is 60.7. The van der Waals surface area contributed by atoms with E-state index in [4.69, 9.17) is 149 Å². The average molecular weight is 2120 g/mol. The van der Waals surface area contributed by atoms with Crippen LogP contribution >= 0.6 is 73.3 Å². The van der Waals surface area contributed by atoms with Crippen molar-refractivity contribution in [1.82, 2.24) is 0 Å². The summed E-state index contributed by atoms with van der Waals surface area (Å²) in [7, 11) is 0. The summed E-state index contributed by atoms with van der Waals surface area (Å²) in [5.41, 5.74) is 24.2. The number of rotatable bonds is 66. The fourth-order valence-corrected chi connectivity index (χ4v) is 18.5. The first-order chi connectivity index (χ1) is 64.1. The largest absolute Gasteiger partial charge is 0.411 e. The number of hydrogen-bond donors (Lipinski definition) is 6. The molecule has 0 aliphatic heterocycles. The van der Waals surface area contributed by atoms with Gasteiger partial charge in [0.25, 0.3) is 0 Å². The van der Waals surface area contributed by atoms with Gasteiger partial charge in [-0.1, -0.05) is 413 Å². The number of nitrogens with one attached hydrogen (secondary N) is 6. The molecule has 6 rings (SSSR count). The molecule has 0 aliphatic rings. The second-order valence-electron chi connectivity index (χ2n) is 35.9. The van der Waals surface area contributed by atoms with Crippen LogP contribution in [0.2, 0.25) is 0 Å². The van der Waals surface area contributed by atoms with Crippen molar-refractivity contribution in [2.75, 3.05) is 31.9 Å². The maximum absolute atomic E-state index is 5.06. The Morgan fingerprint density at radius 2 is 0.271 bits per heavy atom. The maximum atomic E-state index is 5.06. The molecule has 0 fully saturated rings. The first kappa shape index (κ1) is 130. The molecular weight excluding hydrogens is 1930 g/mol. The molecule has 6 nitrogen and oxygen atoms in total. The normalized spacial score (nSPS) is 10.6. The summed E-state index contributed by atoms with van der Waals surface area (Å²) in [6.45, 7) is 27.1. The van der Waals surface area contributed by atoms with Crippen molar-refractivity contribution < 1.29 is 21.1 Å². The molecule has 0 aromatic heterocycles. The second kappa shape index (κ2) is 90.0. The van der Waals surface area contributed by atoms with Crippen LogP contribution in [0.25, 0.3) is 0 Å². The molecule has 0 aliphatic carbocycles. The number of hydrogen-bond acceptors (Lipinski definition) is 12. The van der Waals surface area contributed by atoms with Crippen LogP contribution in [0.15, 0.2) is 109 Å². The van der Waals surface area contributed by atoms with E-state index in [1.807, 2.05) is 0 Å². The predicted octanol–water partition coefficient (Wildman–Crippen LogP) is 37.1. The summed E-state index contributed by atoms with van der Waals surface area (Å²) < 4.78 is 2.66. The van der Waals surface area contributed by atoms with E-state index in [1.54, 1.807) is 0 Å². The minimum absolute atomic E-state index is 0. The number of thiocarbonyl (C=S) groups is 6. The topological polar surface area (TPSA) is 72.2 Å².